The first-order chi connectivity index (χ1) is 14.2. The Bertz CT molecular complexity index is 825. The lowest BCUT2D eigenvalue weighted by Gasteiger charge is -2.38. The number of benzene rings is 1. The number of guanidine groups is 1. The molecule has 1 amide bonds. The maximum atomic E-state index is 12.2. The zero-order valence-electron chi connectivity index (χ0n) is 17.4. The minimum Gasteiger partial charge on any atom is -0.495 e. The third-order valence-corrected chi connectivity index (χ3v) is 4.66. The van der Waals surface area contributed by atoms with Gasteiger partial charge in [0.05, 0.1) is 24.7 Å². The Morgan fingerprint density at radius 2 is 1.93 bits per heavy atom. The highest BCUT2D eigenvalue weighted by Crippen LogP contribution is 2.28. The summed E-state index contributed by atoms with van der Waals surface area (Å²) in [4.78, 5) is 25.2. The monoisotopic (exact) mass is 524 g/mol. The molecule has 0 bridgehead atoms. The van der Waals surface area contributed by atoms with Gasteiger partial charge in [0.1, 0.15) is 12.3 Å². The second kappa shape index (κ2) is 12.2. The molecule has 2 heterocycles. The minimum atomic E-state index is -0.166. The summed E-state index contributed by atoms with van der Waals surface area (Å²) in [6, 6.07) is 11.6. The fourth-order valence-electron chi connectivity index (χ4n) is 3.26. The van der Waals surface area contributed by atoms with Crippen molar-refractivity contribution in [3.8, 4) is 5.75 Å². The predicted octanol–water partition coefficient (Wildman–Crippen LogP) is 2.43. The van der Waals surface area contributed by atoms with Gasteiger partial charge in [-0.15, -0.1) is 24.0 Å². The number of anilines is 2. The molecule has 0 spiro atoms. The molecule has 1 aliphatic rings. The highest BCUT2D eigenvalue weighted by atomic mass is 127. The third-order valence-electron chi connectivity index (χ3n) is 4.66. The van der Waals surface area contributed by atoms with Crippen molar-refractivity contribution in [3.63, 3.8) is 0 Å². The predicted molar refractivity (Wildman–Crippen MR) is 131 cm³/mol. The Labute approximate surface area is 194 Å². The summed E-state index contributed by atoms with van der Waals surface area (Å²) in [7, 11) is 1.70. The summed E-state index contributed by atoms with van der Waals surface area (Å²) < 4.78 is 5.48. The fraction of sp³-hybridized carbons (Fsp3) is 0.381. The highest BCUT2D eigenvalue weighted by Gasteiger charge is 2.21. The van der Waals surface area contributed by atoms with E-state index in [2.05, 4.69) is 36.5 Å². The summed E-state index contributed by atoms with van der Waals surface area (Å²) in [5, 5.41) is 6.10. The van der Waals surface area contributed by atoms with Crippen LogP contribution in [0.3, 0.4) is 0 Å². The maximum Gasteiger partial charge on any atom is 0.246 e. The largest absolute Gasteiger partial charge is 0.495 e. The van der Waals surface area contributed by atoms with Crippen molar-refractivity contribution in [2.45, 2.75) is 6.92 Å². The van der Waals surface area contributed by atoms with E-state index in [-0.39, 0.29) is 36.4 Å². The van der Waals surface area contributed by atoms with Crippen molar-refractivity contribution >= 4 is 47.2 Å². The molecule has 8 nitrogen and oxygen atoms in total. The molecule has 9 heteroatoms. The number of hydrogen-bond acceptors (Lipinski definition) is 5. The minimum absolute atomic E-state index is 0. The van der Waals surface area contributed by atoms with Gasteiger partial charge in [0.15, 0.2) is 5.96 Å². The Morgan fingerprint density at radius 3 is 2.60 bits per heavy atom. The van der Waals surface area contributed by atoms with Gasteiger partial charge in [0.25, 0.3) is 0 Å². The molecule has 0 atom stereocenters. The molecule has 0 radical (unpaired) electrons. The van der Waals surface area contributed by atoms with Gasteiger partial charge in [-0.2, -0.15) is 0 Å². The zero-order chi connectivity index (χ0) is 20.5. The molecule has 0 saturated carbocycles. The van der Waals surface area contributed by atoms with Gasteiger partial charge in [-0.3, -0.25) is 9.78 Å². The second-order valence-corrected chi connectivity index (χ2v) is 6.61. The number of halogens is 1. The zero-order valence-corrected chi connectivity index (χ0v) is 19.7. The van der Waals surface area contributed by atoms with Crippen LogP contribution < -0.4 is 20.3 Å². The van der Waals surface area contributed by atoms with Crippen molar-refractivity contribution in [1.29, 1.82) is 0 Å². The van der Waals surface area contributed by atoms with Crippen LogP contribution in [0.5, 0.6) is 5.75 Å². The lowest BCUT2D eigenvalue weighted by Crippen LogP contribution is -2.52. The molecule has 3 rings (SSSR count). The number of methoxy groups -OCH3 is 1. The summed E-state index contributed by atoms with van der Waals surface area (Å²) in [6.07, 6.45) is 3.28. The highest BCUT2D eigenvalue weighted by molar-refractivity contribution is 14.0. The Hall–Kier alpha value is -2.56. The van der Waals surface area contributed by atoms with Crippen LogP contribution in [-0.2, 0) is 4.79 Å². The van der Waals surface area contributed by atoms with Crippen LogP contribution in [0.15, 0.2) is 53.8 Å². The van der Waals surface area contributed by atoms with E-state index < -0.39 is 0 Å². The molecule has 0 unspecified atom stereocenters. The number of carbonyl (C=O) groups excluding carboxylic acids is 1. The Balaban J connectivity index is 0.00000320. The average Bonchev–Trinajstić information content (AvgIpc) is 2.77. The van der Waals surface area contributed by atoms with E-state index in [4.69, 9.17) is 4.74 Å². The SMILES string of the molecule is CCNC(=NCC(=O)Nc1cccnc1)N1CCN(c2ccccc2OC)CC1.I. The summed E-state index contributed by atoms with van der Waals surface area (Å²) >= 11 is 0. The van der Waals surface area contributed by atoms with Crippen LogP contribution in [0.4, 0.5) is 11.4 Å². The molecule has 1 saturated heterocycles. The number of hydrogen-bond donors (Lipinski definition) is 2. The molecule has 1 fully saturated rings. The summed E-state index contributed by atoms with van der Waals surface area (Å²) in [5.74, 6) is 1.48. The first-order valence-electron chi connectivity index (χ1n) is 9.82. The van der Waals surface area contributed by atoms with Gasteiger partial charge in [0.2, 0.25) is 5.91 Å². The number of aromatic nitrogens is 1. The van der Waals surface area contributed by atoms with Gasteiger partial charge < -0.3 is 25.2 Å². The van der Waals surface area contributed by atoms with Crippen molar-refractivity contribution in [1.82, 2.24) is 15.2 Å². The average molecular weight is 524 g/mol. The molecule has 0 aliphatic carbocycles. The fourth-order valence-corrected chi connectivity index (χ4v) is 3.26. The van der Waals surface area contributed by atoms with E-state index in [9.17, 15) is 4.79 Å². The van der Waals surface area contributed by atoms with E-state index in [1.165, 1.54) is 0 Å². The third kappa shape index (κ3) is 6.48. The number of rotatable bonds is 6. The number of nitrogens with zero attached hydrogens (tertiary/aromatic N) is 4. The van der Waals surface area contributed by atoms with Crippen molar-refractivity contribution in [2.75, 3.05) is 56.6 Å². The normalized spacial score (nSPS) is 14.0. The van der Waals surface area contributed by atoms with E-state index in [1.807, 2.05) is 25.1 Å². The number of pyridine rings is 1. The molecule has 30 heavy (non-hydrogen) atoms. The number of carbonyl (C=O) groups is 1. The van der Waals surface area contributed by atoms with E-state index in [1.54, 1.807) is 31.6 Å². The number of piperazine rings is 1. The molecule has 2 N–H and O–H groups in total. The van der Waals surface area contributed by atoms with Crippen LogP contribution in [0, 0.1) is 0 Å². The van der Waals surface area contributed by atoms with Gasteiger partial charge in [-0.1, -0.05) is 12.1 Å². The van der Waals surface area contributed by atoms with E-state index in [0.717, 1.165) is 50.1 Å². The number of aliphatic imine (C=N–C) groups is 1. The molecule has 1 aromatic carbocycles. The van der Waals surface area contributed by atoms with Gasteiger partial charge in [-0.05, 0) is 31.2 Å². The van der Waals surface area contributed by atoms with Crippen LogP contribution in [0.2, 0.25) is 0 Å². The van der Waals surface area contributed by atoms with Crippen molar-refractivity contribution < 1.29 is 9.53 Å². The quantitative estimate of drug-likeness (QED) is 0.344. The molecule has 162 valence electrons. The van der Waals surface area contributed by atoms with Crippen molar-refractivity contribution in [2.24, 2.45) is 4.99 Å². The van der Waals surface area contributed by atoms with Gasteiger partial charge >= 0.3 is 0 Å². The van der Waals surface area contributed by atoms with Gasteiger partial charge in [-0.25, -0.2) is 4.99 Å². The lowest BCUT2D eigenvalue weighted by molar-refractivity contribution is -0.114. The van der Waals surface area contributed by atoms with Crippen LogP contribution in [0.1, 0.15) is 6.92 Å². The topological polar surface area (TPSA) is 82.1 Å². The first-order valence-corrected chi connectivity index (χ1v) is 9.82. The molecule has 1 aromatic heterocycles. The van der Waals surface area contributed by atoms with E-state index in [0.29, 0.717) is 5.69 Å². The standard InChI is InChI=1S/C21H28N6O2.HI/c1-3-23-21(24-16-20(28)25-17-7-6-10-22-15-17)27-13-11-26(12-14-27)18-8-4-5-9-19(18)29-2;/h4-10,15H,3,11-14,16H2,1-2H3,(H,23,24)(H,25,28);1H. The van der Waals surface area contributed by atoms with Crippen LogP contribution in [0.25, 0.3) is 0 Å². The summed E-state index contributed by atoms with van der Waals surface area (Å²) in [5.41, 5.74) is 1.77. The summed E-state index contributed by atoms with van der Waals surface area (Å²) in [6.45, 7) is 6.16. The number of nitrogens with one attached hydrogen (secondary N) is 2. The Morgan fingerprint density at radius 1 is 1.17 bits per heavy atom. The van der Waals surface area contributed by atoms with Crippen LogP contribution >= 0.6 is 24.0 Å². The second-order valence-electron chi connectivity index (χ2n) is 6.61. The number of ether oxygens (including phenoxy) is 1. The lowest BCUT2D eigenvalue weighted by atomic mass is 10.2. The molecular formula is C21H29IN6O2. The Kier molecular flexibility index (Phi) is 9.65. The molecule has 2 aromatic rings. The van der Waals surface area contributed by atoms with Crippen molar-refractivity contribution in [3.05, 3.63) is 48.8 Å². The smallest absolute Gasteiger partial charge is 0.246 e. The number of para-hydroxylation sites is 2. The molecular weight excluding hydrogens is 495 g/mol. The maximum absolute atomic E-state index is 12.2. The number of amides is 1. The van der Waals surface area contributed by atoms with Gasteiger partial charge in [0, 0.05) is 38.9 Å². The van der Waals surface area contributed by atoms with E-state index >= 15 is 0 Å². The first kappa shape index (κ1) is 23.7. The van der Waals surface area contributed by atoms with Crippen LogP contribution in [-0.4, -0.2) is 68.1 Å². The molecule has 1 aliphatic heterocycles.